The molecule has 0 aromatic rings. The van der Waals surface area contributed by atoms with Crippen LogP contribution in [-0.2, 0) is 14.3 Å². The zero-order chi connectivity index (χ0) is 18.5. The second-order valence-electron chi connectivity index (χ2n) is 7.99. The zero-order valence-electron chi connectivity index (χ0n) is 17.2. The molecule has 0 N–H and O–H groups in total. The van der Waals surface area contributed by atoms with Crippen LogP contribution >= 0.6 is 0 Å². The molecule has 0 spiro atoms. The van der Waals surface area contributed by atoms with Crippen molar-refractivity contribution in [1.82, 2.24) is 0 Å². The molecule has 0 radical (unpaired) electrons. The minimum atomic E-state index is -0.152. The summed E-state index contributed by atoms with van der Waals surface area (Å²) in [5, 5.41) is 0. The van der Waals surface area contributed by atoms with Crippen LogP contribution in [0.15, 0.2) is 0 Å². The van der Waals surface area contributed by atoms with Crippen LogP contribution in [0.25, 0.3) is 0 Å². The van der Waals surface area contributed by atoms with Crippen LogP contribution in [0.2, 0.25) is 0 Å². The molecule has 2 unspecified atom stereocenters. The number of carbonyl (C=O) groups is 1. The van der Waals surface area contributed by atoms with E-state index < -0.39 is 0 Å². The predicted molar refractivity (Wildman–Crippen MR) is 105 cm³/mol. The Labute approximate surface area is 156 Å². The Kier molecular flexibility index (Phi) is 12.2. The lowest BCUT2D eigenvalue weighted by molar-refractivity contribution is -0.161. The molecule has 0 bridgehead atoms. The highest BCUT2D eigenvalue weighted by atomic mass is 16.6. The van der Waals surface area contributed by atoms with Gasteiger partial charge in [-0.2, -0.15) is 0 Å². The lowest BCUT2D eigenvalue weighted by Crippen LogP contribution is -2.33. The summed E-state index contributed by atoms with van der Waals surface area (Å²) in [5.41, 5.74) is 0. The Morgan fingerprint density at radius 3 is 2.16 bits per heavy atom. The highest BCUT2D eigenvalue weighted by Crippen LogP contribution is 2.33. The van der Waals surface area contributed by atoms with Crippen molar-refractivity contribution in [2.45, 2.75) is 117 Å². The summed E-state index contributed by atoms with van der Waals surface area (Å²) in [6.07, 6.45) is 14.4. The smallest absolute Gasteiger partial charge is 0.309 e. The fraction of sp³-hybridized carbons (Fsp3) is 0.955. The van der Waals surface area contributed by atoms with E-state index >= 15 is 0 Å². The monoisotopic (exact) mass is 354 g/mol. The number of unbranched alkanes of at least 4 members (excludes halogenated alkanes) is 5. The van der Waals surface area contributed by atoms with Crippen LogP contribution in [0, 0.1) is 11.8 Å². The summed E-state index contributed by atoms with van der Waals surface area (Å²) in [5.74, 6) is 0.945. The van der Waals surface area contributed by atoms with Gasteiger partial charge in [-0.25, -0.2) is 0 Å². The zero-order valence-corrected chi connectivity index (χ0v) is 17.2. The molecule has 1 fully saturated rings. The van der Waals surface area contributed by atoms with Gasteiger partial charge in [0.25, 0.3) is 0 Å². The molecule has 1 aliphatic rings. The fourth-order valence-corrected chi connectivity index (χ4v) is 3.68. The van der Waals surface area contributed by atoms with Gasteiger partial charge in [-0.15, -0.1) is 0 Å². The Morgan fingerprint density at radius 2 is 1.52 bits per heavy atom. The van der Waals surface area contributed by atoms with Gasteiger partial charge in [0, 0.05) is 6.61 Å². The summed E-state index contributed by atoms with van der Waals surface area (Å²) < 4.78 is 11.5. The first-order valence-electron chi connectivity index (χ1n) is 10.9. The van der Waals surface area contributed by atoms with E-state index in [2.05, 4.69) is 13.8 Å². The maximum absolute atomic E-state index is 12.4. The third kappa shape index (κ3) is 9.63. The third-order valence-corrected chi connectivity index (χ3v) is 5.74. The number of rotatable bonds is 13. The predicted octanol–water partition coefficient (Wildman–Crippen LogP) is 6.29. The highest BCUT2D eigenvalue weighted by Gasteiger charge is 2.29. The van der Waals surface area contributed by atoms with E-state index in [0.717, 1.165) is 31.8 Å². The normalized spacial score (nSPS) is 23.2. The summed E-state index contributed by atoms with van der Waals surface area (Å²) >= 11 is 0. The van der Waals surface area contributed by atoms with Crippen molar-refractivity contribution in [3.63, 3.8) is 0 Å². The van der Waals surface area contributed by atoms with Crippen molar-refractivity contribution in [2.75, 3.05) is 6.61 Å². The van der Waals surface area contributed by atoms with Crippen LogP contribution in [0.3, 0.4) is 0 Å². The molecule has 0 amide bonds. The Bertz CT molecular complexity index is 334. The lowest BCUT2D eigenvalue weighted by atomic mass is 9.80. The molecule has 0 saturated heterocycles. The first-order valence-corrected chi connectivity index (χ1v) is 10.9. The number of ether oxygens (including phenoxy) is 2. The van der Waals surface area contributed by atoms with Crippen LogP contribution in [0.5, 0.6) is 0 Å². The summed E-state index contributed by atoms with van der Waals surface area (Å²) in [7, 11) is 0. The van der Waals surface area contributed by atoms with Crippen molar-refractivity contribution < 1.29 is 14.3 Å². The van der Waals surface area contributed by atoms with Crippen molar-refractivity contribution in [3.8, 4) is 0 Å². The molecule has 1 rings (SSSR count). The Morgan fingerprint density at radius 1 is 0.880 bits per heavy atom. The summed E-state index contributed by atoms with van der Waals surface area (Å²) in [6, 6.07) is 0. The quantitative estimate of drug-likeness (QED) is 0.288. The maximum Gasteiger partial charge on any atom is 0.309 e. The molecular weight excluding hydrogens is 312 g/mol. The van der Waals surface area contributed by atoms with Crippen molar-refractivity contribution in [2.24, 2.45) is 11.8 Å². The van der Waals surface area contributed by atoms with Gasteiger partial charge in [0.15, 0.2) is 0 Å². The second kappa shape index (κ2) is 13.6. The molecule has 148 valence electrons. The van der Waals surface area contributed by atoms with Crippen LogP contribution < -0.4 is 0 Å². The van der Waals surface area contributed by atoms with Crippen molar-refractivity contribution >= 4 is 5.97 Å². The Hall–Kier alpha value is -0.570. The average Bonchev–Trinajstić information content (AvgIpc) is 2.62. The molecule has 3 nitrogen and oxygen atoms in total. The van der Waals surface area contributed by atoms with E-state index in [1.807, 2.05) is 13.8 Å². The standard InChI is InChI=1S/C22H42O3/c1-5-7-9-11-17-24-18(3)19(4)25-22(23)21-15-13-20(14-16-21)12-10-8-6-2/h18-21H,5-17H2,1-4H3. The van der Waals surface area contributed by atoms with Crippen LogP contribution in [0.1, 0.15) is 105 Å². The molecule has 0 heterocycles. The maximum atomic E-state index is 12.4. The SMILES string of the molecule is CCCCCCOC(C)C(C)OC(=O)C1CCC(CCCCC)CC1. The van der Waals surface area contributed by atoms with Crippen molar-refractivity contribution in [3.05, 3.63) is 0 Å². The fourth-order valence-electron chi connectivity index (χ4n) is 3.68. The summed E-state index contributed by atoms with van der Waals surface area (Å²) in [4.78, 5) is 12.4. The number of carbonyl (C=O) groups excluding carboxylic acids is 1. The molecular formula is C22H42O3. The first kappa shape index (κ1) is 22.5. The number of hydrogen-bond donors (Lipinski definition) is 0. The van der Waals surface area contributed by atoms with E-state index in [4.69, 9.17) is 9.47 Å². The average molecular weight is 355 g/mol. The van der Waals surface area contributed by atoms with Gasteiger partial charge in [-0.3, -0.25) is 4.79 Å². The summed E-state index contributed by atoms with van der Waals surface area (Å²) in [6.45, 7) is 9.22. The topological polar surface area (TPSA) is 35.5 Å². The highest BCUT2D eigenvalue weighted by molar-refractivity contribution is 5.72. The van der Waals surface area contributed by atoms with Gasteiger partial charge in [-0.05, 0) is 51.9 Å². The van der Waals surface area contributed by atoms with Crippen LogP contribution in [-0.4, -0.2) is 24.8 Å². The molecule has 2 atom stereocenters. The van der Waals surface area contributed by atoms with E-state index in [1.165, 1.54) is 57.8 Å². The van der Waals surface area contributed by atoms with Gasteiger partial charge in [0.05, 0.1) is 12.0 Å². The molecule has 0 aliphatic heterocycles. The Balaban J connectivity index is 2.18. The van der Waals surface area contributed by atoms with Crippen molar-refractivity contribution in [1.29, 1.82) is 0 Å². The molecule has 3 heteroatoms. The van der Waals surface area contributed by atoms with E-state index in [0.29, 0.717) is 0 Å². The number of hydrogen-bond acceptors (Lipinski definition) is 3. The molecule has 0 aromatic carbocycles. The molecule has 1 aliphatic carbocycles. The third-order valence-electron chi connectivity index (χ3n) is 5.74. The van der Waals surface area contributed by atoms with Gasteiger partial charge >= 0.3 is 5.97 Å². The van der Waals surface area contributed by atoms with Gasteiger partial charge in [-0.1, -0.05) is 58.8 Å². The van der Waals surface area contributed by atoms with E-state index in [-0.39, 0.29) is 24.1 Å². The minimum absolute atomic E-state index is 0.000871. The number of esters is 1. The largest absolute Gasteiger partial charge is 0.460 e. The van der Waals surface area contributed by atoms with Gasteiger partial charge < -0.3 is 9.47 Å². The lowest BCUT2D eigenvalue weighted by Gasteiger charge is -2.29. The minimum Gasteiger partial charge on any atom is -0.460 e. The first-order chi connectivity index (χ1) is 12.1. The van der Waals surface area contributed by atoms with Crippen LogP contribution in [0.4, 0.5) is 0 Å². The molecule has 0 aromatic heterocycles. The van der Waals surface area contributed by atoms with E-state index in [9.17, 15) is 4.79 Å². The van der Waals surface area contributed by atoms with Gasteiger partial charge in [0.1, 0.15) is 6.10 Å². The van der Waals surface area contributed by atoms with Gasteiger partial charge in [0.2, 0.25) is 0 Å². The molecule has 25 heavy (non-hydrogen) atoms. The van der Waals surface area contributed by atoms with E-state index in [1.54, 1.807) is 0 Å². The second-order valence-corrected chi connectivity index (χ2v) is 7.99. The molecule has 1 saturated carbocycles.